The predicted molar refractivity (Wildman–Crippen MR) is 139 cm³/mol. The number of anilines is 2. The Morgan fingerprint density at radius 2 is 2.17 bits per heavy atom. The maximum absolute atomic E-state index is 14.6. The quantitative estimate of drug-likeness (QED) is 0.417. The number of nitrogens with two attached hydrogens (primary N) is 1. The van der Waals surface area contributed by atoms with Crippen molar-refractivity contribution in [2.45, 2.75) is 23.5 Å². The molecule has 1 aromatic carbocycles. The minimum absolute atomic E-state index is 0.0416. The molecule has 36 heavy (non-hydrogen) atoms. The maximum Gasteiger partial charge on any atom is 0.238 e. The maximum atomic E-state index is 14.6. The summed E-state index contributed by atoms with van der Waals surface area (Å²) in [6, 6.07) is 9.70. The first-order valence-corrected chi connectivity index (χ1v) is 12.9. The molecule has 9 nitrogen and oxygen atoms in total. The van der Waals surface area contributed by atoms with Gasteiger partial charge in [0, 0.05) is 24.7 Å². The van der Waals surface area contributed by atoms with Crippen molar-refractivity contribution < 1.29 is 17.5 Å². The number of hydrogen-bond donors (Lipinski definition) is 3. The van der Waals surface area contributed by atoms with Crippen LogP contribution in [0.25, 0.3) is 11.6 Å². The van der Waals surface area contributed by atoms with Crippen molar-refractivity contribution in [2.24, 2.45) is 5.14 Å². The van der Waals surface area contributed by atoms with E-state index in [1.807, 2.05) is 30.1 Å². The molecule has 1 saturated heterocycles. The summed E-state index contributed by atoms with van der Waals surface area (Å²) in [6.07, 6.45) is 1.42. The molecule has 0 aliphatic carbocycles. The van der Waals surface area contributed by atoms with Crippen LogP contribution in [-0.4, -0.2) is 68.9 Å². The van der Waals surface area contributed by atoms with Crippen LogP contribution in [0.4, 0.5) is 15.9 Å². The molecule has 3 heterocycles. The number of fused-ring (bicyclic) bond motifs is 1. The monoisotopic (exact) mass is 512 g/mol. The lowest BCUT2D eigenvalue weighted by molar-refractivity contribution is 0.149. The average molecular weight is 513 g/mol. The van der Waals surface area contributed by atoms with Gasteiger partial charge in [-0.25, -0.2) is 22.5 Å². The summed E-state index contributed by atoms with van der Waals surface area (Å²) in [5.41, 5.74) is 2.71. The van der Waals surface area contributed by atoms with Gasteiger partial charge in [-0.2, -0.15) is 5.10 Å². The first kappa shape index (κ1) is 25.5. The average Bonchev–Trinajstić information content (AvgIpc) is 3.21. The number of methoxy groups -OCH3 is 1. The highest BCUT2D eigenvalue weighted by Gasteiger charge is 2.28. The Balaban J connectivity index is 1.54. The highest BCUT2D eigenvalue weighted by Crippen LogP contribution is 2.27. The third-order valence-electron chi connectivity index (χ3n) is 6.05. The molecule has 4 N–H and O–H groups in total. The molecule has 2 atom stereocenters. The van der Waals surface area contributed by atoms with Gasteiger partial charge in [0.05, 0.1) is 35.8 Å². The predicted octanol–water partition coefficient (Wildman–Crippen LogP) is 2.55. The Kier molecular flexibility index (Phi) is 7.49. The number of halogens is 1. The first-order chi connectivity index (χ1) is 17.2. The third kappa shape index (κ3) is 5.46. The molecule has 1 aliphatic rings. The van der Waals surface area contributed by atoms with Crippen molar-refractivity contribution in [3.63, 3.8) is 0 Å². The molecule has 0 amide bonds. The normalized spacial score (nSPS) is 18.3. The smallest absolute Gasteiger partial charge is 0.238 e. The topological polar surface area (TPSA) is 114 Å². The number of nitrogens with zero attached hydrogens (tertiary/aromatic N) is 3. The summed E-state index contributed by atoms with van der Waals surface area (Å²) >= 11 is 0. The molecule has 11 heteroatoms. The molecule has 0 spiro atoms. The Labute approximate surface area is 210 Å². The van der Waals surface area contributed by atoms with Gasteiger partial charge in [0.1, 0.15) is 23.4 Å². The summed E-state index contributed by atoms with van der Waals surface area (Å²) in [7, 11) is -0.478. The molecule has 0 unspecified atom stereocenters. The van der Waals surface area contributed by atoms with E-state index in [9.17, 15) is 12.8 Å². The fourth-order valence-electron chi connectivity index (χ4n) is 4.16. The number of hydrogen-bond acceptors (Lipinski definition) is 7. The molecule has 1 aliphatic heterocycles. The van der Waals surface area contributed by atoms with Crippen molar-refractivity contribution in [3.8, 4) is 17.6 Å². The molecular weight excluding hydrogens is 483 g/mol. The second-order valence-corrected chi connectivity index (χ2v) is 10.1. The number of primary sulfonamides is 1. The van der Waals surface area contributed by atoms with Crippen LogP contribution < -0.4 is 20.5 Å². The van der Waals surface area contributed by atoms with Gasteiger partial charge in [-0.1, -0.05) is 24.6 Å². The molecule has 0 radical (unpaired) electrons. The number of benzene rings is 1. The summed E-state index contributed by atoms with van der Waals surface area (Å²) < 4.78 is 44.7. The van der Waals surface area contributed by atoms with E-state index in [0.717, 1.165) is 17.6 Å². The van der Waals surface area contributed by atoms with Crippen molar-refractivity contribution in [2.75, 3.05) is 44.4 Å². The minimum Gasteiger partial charge on any atom is -0.495 e. The number of pyridine rings is 1. The van der Waals surface area contributed by atoms with E-state index in [0.29, 0.717) is 35.9 Å². The largest absolute Gasteiger partial charge is 0.495 e. The number of aromatic nitrogens is 2. The van der Waals surface area contributed by atoms with Gasteiger partial charge < -0.3 is 20.3 Å². The van der Waals surface area contributed by atoms with Crippen LogP contribution >= 0.6 is 0 Å². The first-order valence-electron chi connectivity index (χ1n) is 11.4. The second-order valence-electron chi connectivity index (χ2n) is 8.55. The van der Waals surface area contributed by atoms with Crippen molar-refractivity contribution in [1.82, 2.24) is 14.5 Å². The van der Waals surface area contributed by atoms with Crippen molar-refractivity contribution in [3.05, 3.63) is 54.2 Å². The molecule has 190 valence electrons. The van der Waals surface area contributed by atoms with E-state index >= 15 is 0 Å². The highest BCUT2D eigenvalue weighted by molar-refractivity contribution is 7.89. The molecule has 2 aromatic heterocycles. The number of sulfonamides is 1. The van der Waals surface area contributed by atoms with Crippen LogP contribution in [0.1, 0.15) is 17.7 Å². The van der Waals surface area contributed by atoms with Gasteiger partial charge in [-0.15, -0.1) is 0 Å². The zero-order valence-electron chi connectivity index (χ0n) is 20.2. The lowest BCUT2D eigenvalue weighted by atomic mass is 10.0. The van der Waals surface area contributed by atoms with E-state index in [4.69, 9.17) is 9.88 Å². The lowest BCUT2D eigenvalue weighted by Gasteiger charge is -2.33. The van der Waals surface area contributed by atoms with E-state index < -0.39 is 16.2 Å². The van der Waals surface area contributed by atoms with E-state index in [-0.39, 0.29) is 17.5 Å². The fourth-order valence-corrected chi connectivity index (χ4v) is 4.69. The van der Waals surface area contributed by atoms with Crippen LogP contribution in [0.3, 0.4) is 0 Å². The zero-order chi connectivity index (χ0) is 25.9. The molecule has 0 bridgehead atoms. The van der Waals surface area contributed by atoms with Gasteiger partial charge in [-0.05, 0) is 43.7 Å². The van der Waals surface area contributed by atoms with Gasteiger partial charge in [0.25, 0.3) is 0 Å². The minimum atomic E-state index is -3.84. The van der Waals surface area contributed by atoms with E-state index in [1.165, 1.54) is 19.2 Å². The van der Waals surface area contributed by atoms with Gasteiger partial charge in [-0.3, -0.25) is 0 Å². The third-order valence-corrected chi connectivity index (χ3v) is 6.96. The standard InChI is InChI=1S/C25H29FN6O3S/c1-4-18-20(7-6-13-28-22-11-10-17(36(27,33)34)15-24(22)35-3)30-32-23(18)8-5-9-25(32)29-21-12-14-31(2)16-19(21)26/h4-5,8-11,15,19,21,28-29H,1,12-14,16H2,2-3H3,(H2,27,33,34)/t19-,21+/m0/s1. The molecule has 3 aromatic rings. The number of alkyl halides is 1. The summed E-state index contributed by atoms with van der Waals surface area (Å²) in [5, 5.41) is 16.3. The number of piperidine rings is 1. The van der Waals surface area contributed by atoms with Crippen LogP contribution in [0.15, 0.2) is 47.9 Å². The van der Waals surface area contributed by atoms with Crippen LogP contribution in [0.2, 0.25) is 0 Å². The molecule has 0 saturated carbocycles. The van der Waals surface area contributed by atoms with Crippen LogP contribution in [-0.2, 0) is 10.0 Å². The van der Waals surface area contributed by atoms with E-state index in [2.05, 4.69) is 34.2 Å². The number of rotatable bonds is 7. The molecule has 4 rings (SSSR count). The SMILES string of the molecule is C=Cc1c(C#CCNc2ccc(S(N)(=O)=O)cc2OC)nn2c(N[C@@H]3CCN(C)C[C@@H]3F)cccc12. The molecule has 1 fully saturated rings. The Morgan fingerprint density at radius 3 is 2.86 bits per heavy atom. The van der Waals surface area contributed by atoms with Gasteiger partial charge in [0.2, 0.25) is 10.0 Å². The van der Waals surface area contributed by atoms with Crippen molar-refractivity contribution >= 4 is 33.1 Å². The van der Waals surface area contributed by atoms with Gasteiger partial charge >= 0.3 is 0 Å². The number of nitrogens with one attached hydrogen (secondary N) is 2. The summed E-state index contributed by atoms with van der Waals surface area (Å²) in [4.78, 5) is 1.94. The summed E-state index contributed by atoms with van der Waals surface area (Å²) in [5.74, 6) is 7.11. The van der Waals surface area contributed by atoms with Crippen LogP contribution in [0, 0.1) is 11.8 Å². The van der Waals surface area contributed by atoms with Gasteiger partial charge in [0.15, 0.2) is 0 Å². The molecular formula is C25H29FN6O3S. The Morgan fingerprint density at radius 1 is 1.36 bits per heavy atom. The zero-order valence-corrected chi connectivity index (χ0v) is 21.0. The Hall–Kier alpha value is -3.59. The fraction of sp³-hybridized carbons (Fsp3) is 0.320. The Bertz CT molecular complexity index is 1440. The summed E-state index contributed by atoms with van der Waals surface area (Å²) in [6.45, 7) is 5.37. The van der Waals surface area contributed by atoms with Crippen LogP contribution in [0.5, 0.6) is 5.75 Å². The van der Waals surface area contributed by atoms with E-state index in [1.54, 1.807) is 16.7 Å². The second kappa shape index (κ2) is 10.6. The highest BCUT2D eigenvalue weighted by atomic mass is 32.2. The lowest BCUT2D eigenvalue weighted by Crippen LogP contribution is -2.46. The number of ether oxygens (including phenoxy) is 1. The van der Waals surface area contributed by atoms with Crippen molar-refractivity contribution in [1.29, 1.82) is 0 Å². The number of likely N-dealkylation sites (tertiary alicyclic amines) is 1.